The van der Waals surface area contributed by atoms with E-state index in [4.69, 9.17) is 4.74 Å². The highest BCUT2D eigenvalue weighted by atomic mass is 32.2. The normalized spacial score (nSPS) is 12.9. The maximum atomic E-state index is 12.5. The fraction of sp³-hybridized carbons (Fsp3) is 0.381. The van der Waals surface area contributed by atoms with Crippen LogP contribution in [0.5, 0.6) is 5.75 Å². The molecule has 0 unspecified atom stereocenters. The third kappa shape index (κ3) is 4.48. The van der Waals surface area contributed by atoms with Crippen LogP contribution in [-0.4, -0.2) is 28.2 Å². The molecule has 0 saturated heterocycles. The van der Waals surface area contributed by atoms with Crippen molar-refractivity contribution in [1.82, 2.24) is 9.97 Å². The maximum Gasteiger partial charge on any atom is 0.259 e. The SMILES string of the molecule is CCOc1ccccc1NC(=O)CCSCc1nc2sc3c(c2c(=O)[nH]1)CCC3. The van der Waals surface area contributed by atoms with Crippen LogP contribution >= 0.6 is 23.1 Å². The largest absolute Gasteiger partial charge is 0.492 e. The number of nitrogens with zero attached hydrogens (tertiary/aromatic N) is 1. The molecule has 0 aliphatic heterocycles. The van der Waals surface area contributed by atoms with Gasteiger partial charge in [-0.3, -0.25) is 9.59 Å². The molecule has 4 rings (SSSR count). The van der Waals surface area contributed by atoms with Gasteiger partial charge in [0.05, 0.1) is 23.4 Å². The summed E-state index contributed by atoms with van der Waals surface area (Å²) in [6.07, 6.45) is 3.55. The lowest BCUT2D eigenvalue weighted by atomic mass is 10.2. The monoisotopic (exact) mass is 429 g/mol. The number of aryl methyl sites for hydroxylation is 2. The number of carbonyl (C=O) groups is 1. The fourth-order valence-electron chi connectivity index (χ4n) is 3.51. The smallest absolute Gasteiger partial charge is 0.259 e. The van der Waals surface area contributed by atoms with Crippen molar-refractivity contribution in [3.63, 3.8) is 0 Å². The Balaban J connectivity index is 1.31. The molecule has 8 heteroatoms. The van der Waals surface area contributed by atoms with Gasteiger partial charge in [0.25, 0.3) is 5.56 Å². The van der Waals surface area contributed by atoms with Gasteiger partial charge >= 0.3 is 0 Å². The molecule has 1 aliphatic rings. The van der Waals surface area contributed by atoms with Crippen LogP contribution in [0.4, 0.5) is 5.69 Å². The second-order valence-electron chi connectivity index (χ2n) is 6.83. The van der Waals surface area contributed by atoms with Gasteiger partial charge in [-0.05, 0) is 43.9 Å². The Morgan fingerprint density at radius 1 is 1.34 bits per heavy atom. The number of H-pyrrole nitrogens is 1. The summed E-state index contributed by atoms with van der Waals surface area (Å²) >= 11 is 3.24. The minimum atomic E-state index is -0.0590. The molecule has 0 saturated carbocycles. The van der Waals surface area contributed by atoms with Crippen molar-refractivity contribution in [2.24, 2.45) is 0 Å². The van der Waals surface area contributed by atoms with Gasteiger partial charge in [-0.25, -0.2) is 4.98 Å². The second-order valence-corrected chi connectivity index (χ2v) is 9.02. The number of anilines is 1. The molecule has 0 atom stereocenters. The molecular formula is C21H23N3O3S2. The first-order valence-electron chi connectivity index (χ1n) is 9.78. The van der Waals surface area contributed by atoms with Crippen molar-refractivity contribution in [2.75, 3.05) is 17.7 Å². The minimum Gasteiger partial charge on any atom is -0.492 e. The Morgan fingerprint density at radius 2 is 2.21 bits per heavy atom. The molecule has 0 bridgehead atoms. The van der Waals surface area contributed by atoms with E-state index in [0.717, 1.165) is 29.5 Å². The molecule has 152 valence electrons. The first-order chi connectivity index (χ1) is 14.2. The van der Waals surface area contributed by atoms with Gasteiger partial charge in [0.2, 0.25) is 5.91 Å². The molecule has 0 fully saturated rings. The number of para-hydroxylation sites is 2. The Kier molecular flexibility index (Phi) is 6.20. The second kappa shape index (κ2) is 9.00. The number of carbonyl (C=O) groups excluding carboxylic acids is 1. The summed E-state index contributed by atoms with van der Waals surface area (Å²) in [6.45, 7) is 2.46. The quantitative estimate of drug-likeness (QED) is 0.526. The van der Waals surface area contributed by atoms with E-state index in [0.29, 0.717) is 41.8 Å². The average Bonchev–Trinajstić information content (AvgIpc) is 3.28. The van der Waals surface area contributed by atoms with Gasteiger partial charge in [-0.15, -0.1) is 11.3 Å². The summed E-state index contributed by atoms with van der Waals surface area (Å²) in [6, 6.07) is 7.42. The van der Waals surface area contributed by atoms with E-state index < -0.39 is 0 Å². The van der Waals surface area contributed by atoms with Crippen LogP contribution in [0.25, 0.3) is 10.2 Å². The number of nitrogens with one attached hydrogen (secondary N) is 2. The van der Waals surface area contributed by atoms with Gasteiger partial charge in [0.1, 0.15) is 16.4 Å². The first-order valence-corrected chi connectivity index (χ1v) is 11.8. The third-order valence-electron chi connectivity index (χ3n) is 4.80. The Morgan fingerprint density at radius 3 is 3.07 bits per heavy atom. The van der Waals surface area contributed by atoms with Gasteiger partial charge in [-0.2, -0.15) is 11.8 Å². The van der Waals surface area contributed by atoms with Crippen molar-refractivity contribution in [1.29, 1.82) is 0 Å². The lowest BCUT2D eigenvalue weighted by molar-refractivity contribution is -0.115. The summed E-state index contributed by atoms with van der Waals surface area (Å²) in [5.74, 6) is 2.52. The summed E-state index contributed by atoms with van der Waals surface area (Å²) < 4.78 is 5.53. The van der Waals surface area contributed by atoms with Crippen LogP contribution in [0.2, 0.25) is 0 Å². The van der Waals surface area contributed by atoms with E-state index in [9.17, 15) is 9.59 Å². The third-order valence-corrected chi connectivity index (χ3v) is 6.95. The highest BCUT2D eigenvalue weighted by molar-refractivity contribution is 7.98. The molecule has 29 heavy (non-hydrogen) atoms. The number of hydrogen-bond acceptors (Lipinski definition) is 6. The molecule has 1 aliphatic carbocycles. The van der Waals surface area contributed by atoms with Gasteiger partial charge in [0.15, 0.2) is 0 Å². The first kappa shape index (κ1) is 20.0. The predicted molar refractivity (Wildman–Crippen MR) is 119 cm³/mol. The van der Waals surface area contributed by atoms with Crippen LogP contribution in [0.15, 0.2) is 29.1 Å². The number of ether oxygens (including phenoxy) is 1. The molecular weight excluding hydrogens is 406 g/mol. The van der Waals surface area contributed by atoms with Crippen molar-refractivity contribution in [3.05, 3.63) is 50.9 Å². The Hall–Kier alpha value is -2.32. The van der Waals surface area contributed by atoms with Crippen LogP contribution < -0.4 is 15.6 Å². The highest BCUT2D eigenvalue weighted by Gasteiger charge is 2.21. The average molecular weight is 430 g/mol. The fourth-order valence-corrected chi connectivity index (χ4v) is 5.60. The van der Waals surface area contributed by atoms with Crippen LogP contribution in [0, 0.1) is 0 Å². The molecule has 2 heterocycles. The minimum absolute atomic E-state index is 0.0322. The van der Waals surface area contributed by atoms with E-state index in [-0.39, 0.29) is 11.5 Å². The maximum absolute atomic E-state index is 12.5. The zero-order chi connectivity index (χ0) is 20.2. The van der Waals surface area contributed by atoms with Crippen LogP contribution in [0.1, 0.15) is 36.0 Å². The van der Waals surface area contributed by atoms with E-state index in [2.05, 4.69) is 15.3 Å². The molecule has 6 nitrogen and oxygen atoms in total. The molecule has 3 aromatic rings. The topological polar surface area (TPSA) is 84.1 Å². The van der Waals surface area contributed by atoms with Gasteiger partial charge in [-0.1, -0.05) is 12.1 Å². The molecule has 1 amide bonds. The number of rotatable bonds is 8. The zero-order valence-corrected chi connectivity index (χ0v) is 17.9. The molecule has 2 N–H and O–H groups in total. The number of amides is 1. The number of fused-ring (bicyclic) bond motifs is 3. The Bertz CT molecular complexity index is 1090. The van der Waals surface area contributed by atoms with Crippen molar-refractivity contribution < 1.29 is 9.53 Å². The summed E-state index contributed by atoms with van der Waals surface area (Å²) in [5, 5.41) is 3.68. The number of thioether (sulfide) groups is 1. The van der Waals surface area contributed by atoms with Crippen molar-refractivity contribution in [2.45, 2.75) is 38.4 Å². The van der Waals surface area contributed by atoms with Crippen molar-refractivity contribution in [3.8, 4) is 5.75 Å². The van der Waals surface area contributed by atoms with E-state index in [1.165, 1.54) is 10.4 Å². The molecule has 1 aromatic carbocycles. The lowest BCUT2D eigenvalue weighted by Gasteiger charge is -2.11. The zero-order valence-electron chi connectivity index (χ0n) is 16.2. The predicted octanol–water partition coefficient (Wildman–Crippen LogP) is 4.13. The number of benzene rings is 1. The van der Waals surface area contributed by atoms with E-state index in [1.54, 1.807) is 23.1 Å². The number of aromatic nitrogens is 2. The highest BCUT2D eigenvalue weighted by Crippen LogP contribution is 2.34. The summed E-state index contributed by atoms with van der Waals surface area (Å²) in [4.78, 5) is 34.4. The standard InChI is InChI=1S/C21H23N3O3S2/c1-2-27-15-8-4-3-7-14(15)22-18(25)10-11-28-12-17-23-20(26)19-13-6-5-9-16(13)29-21(19)24-17/h3-4,7-8H,2,5-6,9-12H2,1H3,(H,22,25)(H,23,24,26). The van der Waals surface area contributed by atoms with Crippen molar-refractivity contribution >= 4 is 44.9 Å². The molecule has 2 aromatic heterocycles. The number of aromatic amines is 1. The van der Waals surface area contributed by atoms with Crippen LogP contribution in [-0.2, 0) is 23.4 Å². The Labute approximate surface area is 177 Å². The molecule has 0 spiro atoms. The summed E-state index contributed by atoms with van der Waals surface area (Å²) in [7, 11) is 0. The van der Waals surface area contributed by atoms with Gasteiger partial charge in [0, 0.05) is 17.1 Å². The number of thiophene rings is 1. The number of hydrogen-bond donors (Lipinski definition) is 2. The van der Waals surface area contributed by atoms with Gasteiger partial charge < -0.3 is 15.0 Å². The summed E-state index contributed by atoms with van der Waals surface area (Å²) in [5.41, 5.74) is 1.85. The lowest BCUT2D eigenvalue weighted by Crippen LogP contribution is -2.14. The van der Waals surface area contributed by atoms with Crippen LogP contribution in [0.3, 0.4) is 0 Å². The van der Waals surface area contributed by atoms with E-state index >= 15 is 0 Å². The molecule has 0 radical (unpaired) electrons. The van der Waals surface area contributed by atoms with E-state index in [1.807, 2.05) is 31.2 Å².